The van der Waals surface area contributed by atoms with Crippen LogP contribution in [0.2, 0.25) is 0 Å². The van der Waals surface area contributed by atoms with E-state index in [2.05, 4.69) is 0 Å². The molecule has 0 unspecified atom stereocenters. The first kappa shape index (κ1) is 10.4. The molecule has 0 aliphatic carbocycles. The fourth-order valence-corrected chi connectivity index (χ4v) is 2.33. The molecule has 2 rings (SSSR count). The Kier molecular flexibility index (Phi) is 2.86. The number of carbonyl (C=O) groups excluding carboxylic acids is 1. The van der Waals surface area contributed by atoms with Crippen LogP contribution < -0.4 is 9.47 Å². The van der Waals surface area contributed by atoms with Gasteiger partial charge in [0.05, 0.1) is 12.0 Å². The van der Waals surface area contributed by atoms with E-state index in [1.54, 1.807) is 25.8 Å². The molecule has 0 fully saturated rings. The van der Waals surface area contributed by atoms with E-state index in [0.717, 1.165) is 22.0 Å². The van der Waals surface area contributed by atoms with E-state index in [0.29, 0.717) is 12.4 Å². The third-order valence-corrected chi connectivity index (χ3v) is 3.08. The molecule has 0 saturated carbocycles. The Morgan fingerprint density at radius 2 is 2.40 bits per heavy atom. The summed E-state index contributed by atoms with van der Waals surface area (Å²) in [6.45, 7) is 1.57. The van der Waals surface area contributed by atoms with Crippen molar-refractivity contribution in [3.8, 4) is 11.5 Å². The van der Waals surface area contributed by atoms with Gasteiger partial charge in [-0.15, -0.1) is 0 Å². The lowest BCUT2D eigenvalue weighted by Crippen LogP contribution is -2.00. The molecule has 1 aromatic carbocycles. The Balaban J connectivity index is 2.39. The molecule has 1 aromatic rings. The van der Waals surface area contributed by atoms with Gasteiger partial charge in [-0.25, -0.2) is 0 Å². The number of benzene rings is 1. The van der Waals surface area contributed by atoms with E-state index in [1.807, 2.05) is 12.1 Å². The van der Waals surface area contributed by atoms with E-state index < -0.39 is 0 Å². The van der Waals surface area contributed by atoms with Gasteiger partial charge in [0.2, 0.25) is 0 Å². The molecule has 0 amide bonds. The third-order valence-electron chi connectivity index (χ3n) is 2.22. The molecule has 0 saturated heterocycles. The fraction of sp³-hybridized carbons (Fsp3) is 0.364. The zero-order valence-corrected chi connectivity index (χ0v) is 9.52. The van der Waals surface area contributed by atoms with Crippen LogP contribution in [0.5, 0.6) is 11.5 Å². The Morgan fingerprint density at radius 3 is 3.07 bits per heavy atom. The summed E-state index contributed by atoms with van der Waals surface area (Å²) in [5.74, 6) is 2.39. The number of fused-ring (bicyclic) bond motifs is 1. The van der Waals surface area contributed by atoms with Gasteiger partial charge in [-0.3, -0.25) is 4.79 Å². The topological polar surface area (TPSA) is 35.5 Å². The third kappa shape index (κ3) is 2.09. The van der Waals surface area contributed by atoms with Crippen molar-refractivity contribution < 1.29 is 14.3 Å². The van der Waals surface area contributed by atoms with Crippen LogP contribution in [-0.4, -0.2) is 18.8 Å². The van der Waals surface area contributed by atoms with Gasteiger partial charge in [-0.05, 0) is 19.1 Å². The van der Waals surface area contributed by atoms with E-state index in [-0.39, 0.29) is 5.78 Å². The quantitative estimate of drug-likeness (QED) is 0.789. The molecule has 0 bridgehead atoms. The molecule has 0 atom stereocenters. The zero-order chi connectivity index (χ0) is 10.8. The molecule has 0 aromatic heterocycles. The predicted octanol–water partition coefficient (Wildman–Crippen LogP) is 2.27. The number of thioether (sulfide) groups is 1. The highest BCUT2D eigenvalue weighted by atomic mass is 32.2. The summed E-state index contributed by atoms with van der Waals surface area (Å²) in [5.41, 5.74) is 0.895. The van der Waals surface area contributed by atoms with Gasteiger partial charge in [0.15, 0.2) is 0 Å². The first-order chi connectivity index (χ1) is 7.20. The molecule has 80 valence electrons. The summed E-state index contributed by atoms with van der Waals surface area (Å²) in [6, 6.07) is 3.83. The first-order valence-corrected chi connectivity index (χ1v) is 5.65. The summed E-state index contributed by atoms with van der Waals surface area (Å²) in [5, 5.41) is 0. The second kappa shape index (κ2) is 4.14. The fourth-order valence-electron chi connectivity index (χ4n) is 1.56. The minimum absolute atomic E-state index is 0.124. The summed E-state index contributed by atoms with van der Waals surface area (Å²) in [4.78, 5) is 12.2. The maximum Gasteiger partial charge on any atom is 0.138 e. The normalized spacial score (nSPS) is 13.2. The van der Waals surface area contributed by atoms with Crippen LogP contribution in [0, 0.1) is 0 Å². The van der Waals surface area contributed by atoms with E-state index in [1.165, 1.54) is 0 Å². The Labute approximate surface area is 92.8 Å². The van der Waals surface area contributed by atoms with E-state index in [4.69, 9.17) is 9.47 Å². The van der Waals surface area contributed by atoms with Crippen LogP contribution in [0.15, 0.2) is 17.0 Å². The zero-order valence-electron chi connectivity index (χ0n) is 8.70. The van der Waals surface area contributed by atoms with Crippen LogP contribution in [-0.2, 0) is 11.2 Å². The Morgan fingerprint density at radius 1 is 1.60 bits per heavy atom. The van der Waals surface area contributed by atoms with Crippen molar-refractivity contribution in [1.29, 1.82) is 0 Å². The minimum atomic E-state index is 0.124. The lowest BCUT2D eigenvalue weighted by atomic mass is 10.1. The maximum absolute atomic E-state index is 11.1. The van der Waals surface area contributed by atoms with Crippen LogP contribution in [0.3, 0.4) is 0 Å². The van der Waals surface area contributed by atoms with Crippen molar-refractivity contribution in [2.75, 3.05) is 13.0 Å². The van der Waals surface area contributed by atoms with Gasteiger partial charge < -0.3 is 9.47 Å². The smallest absolute Gasteiger partial charge is 0.138 e. The van der Waals surface area contributed by atoms with Crippen LogP contribution in [0.1, 0.15) is 12.5 Å². The molecule has 1 heterocycles. The van der Waals surface area contributed by atoms with Gasteiger partial charge >= 0.3 is 0 Å². The predicted molar refractivity (Wildman–Crippen MR) is 58.7 cm³/mol. The van der Waals surface area contributed by atoms with E-state index in [9.17, 15) is 4.79 Å². The minimum Gasteiger partial charge on any atom is -0.496 e. The first-order valence-electron chi connectivity index (χ1n) is 4.66. The molecule has 3 nitrogen and oxygen atoms in total. The van der Waals surface area contributed by atoms with Crippen LogP contribution >= 0.6 is 11.8 Å². The number of hydrogen-bond acceptors (Lipinski definition) is 4. The number of carbonyl (C=O) groups is 1. The lowest BCUT2D eigenvalue weighted by Gasteiger charge is -2.08. The number of ether oxygens (including phenoxy) is 2. The molecular weight excluding hydrogens is 212 g/mol. The van der Waals surface area contributed by atoms with Crippen LogP contribution in [0.4, 0.5) is 0 Å². The number of rotatable bonds is 3. The molecule has 15 heavy (non-hydrogen) atoms. The maximum atomic E-state index is 11.1. The van der Waals surface area contributed by atoms with Crippen molar-refractivity contribution in [3.63, 3.8) is 0 Å². The molecule has 4 heteroatoms. The highest BCUT2D eigenvalue weighted by Gasteiger charge is 2.17. The van der Waals surface area contributed by atoms with Gasteiger partial charge in [-0.2, -0.15) is 0 Å². The van der Waals surface area contributed by atoms with Gasteiger partial charge in [0.1, 0.15) is 23.2 Å². The lowest BCUT2D eigenvalue weighted by molar-refractivity contribution is -0.116. The molecular formula is C11H12O3S. The Bertz CT molecular complexity index is 401. The average Bonchev–Trinajstić information content (AvgIpc) is 2.62. The standard InChI is InChI=1S/C11H12O3S/c1-7(12)3-8-4-10-11(15-6-14-10)5-9(8)13-2/h4-5H,3,6H2,1-2H3. The van der Waals surface area contributed by atoms with Gasteiger partial charge in [0.25, 0.3) is 0 Å². The van der Waals surface area contributed by atoms with Gasteiger partial charge in [-0.1, -0.05) is 11.8 Å². The Hall–Kier alpha value is -1.16. The highest BCUT2D eigenvalue weighted by molar-refractivity contribution is 7.99. The second-order valence-electron chi connectivity index (χ2n) is 3.40. The molecule has 0 N–H and O–H groups in total. The number of methoxy groups -OCH3 is 1. The summed E-state index contributed by atoms with van der Waals surface area (Å²) < 4.78 is 10.7. The summed E-state index contributed by atoms with van der Waals surface area (Å²) in [7, 11) is 1.62. The van der Waals surface area contributed by atoms with Gasteiger partial charge in [0, 0.05) is 12.0 Å². The number of ketones is 1. The van der Waals surface area contributed by atoms with Crippen LogP contribution in [0.25, 0.3) is 0 Å². The summed E-state index contributed by atoms with van der Waals surface area (Å²) in [6.07, 6.45) is 0.393. The summed E-state index contributed by atoms with van der Waals surface area (Å²) >= 11 is 1.64. The highest BCUT2D eigenvalue weighted by Crippen LogP contribution is 2.40. The van der Waals surface area contributed by atoms with Crippen molar-refractivity contribution in [2.45, 2.75) is 18.2 Å². The van der Waals surface area contributed by atoms with Crippen molar-refractivity contribution in [3.05, 3.63) is 17.7 Å². The number of hydrogen-bond donors (Lipinski definition) is 0. The average molecular weight is 224 g/mol. The second-order valence-corrected chi connectivity index (χ2v) is 4.36. The van der Waals surface area contributed by atoms with E-state index >= 15 is 0 Å². The largest absolute Gasteiger partial charge is 0.496 e. The van der Waals surface area contributed by atoms with Crippen molar-refractivity contribution in [2.24, 2.45) is 0 Å². The molecule has 0 spiro atoms. The number of Topliss-reactive ketones (excluding diaryl/α,β-unsaturated/α-hetero) is 1. The molecule has 0 radical (unpaired) electrons. The monoisotopic (exact) mass is 224 g/mol. The van der Waals surface area contributed by atoms with Crippen molar-refractivity contribution in [1.82, 2.24) is 0 Å². The van der Waals surface area contributed by atoms with Crippen molar-refractivity contribution >= 4 is 17.5 Å². The SMILES string of the molecule is COc1cc2c(cc1CC(C)=O)OCS2. The molecule has 1 aliphatic rings. The molecule has 1 aliphatic heterocycles.